The fourth-order valence-corrected chi connectivity index (χ4v) is 5.62. The quantitative estimate of drug-likeness (QED) is 0.524. The lowest BCUT2D eigenvalue weighted by Crippen LogP contribution is -2.65. The first-order valence-electron chi connectivity index (χ1n) is 7.08. The largest absolute Gasteiger partial charge is 0.289 e. The molecular formula is C13H19N3O6S2. The average Bonchev–Trinajstić information content (AvgIpc) is 2.53. The van der Waals surface area contributed by atoms with E-state index in [0.717, 1.165) is 14.9 Å². The van der Waals surface area contributed by atoms with Crippen LogP contribution in [0.2, 0.25) is 0 Å². The molecule has 1 saturated heterocycles. The molecule has 1 amide bonds. The highest BCUT2D eigenvalue weighted by atomic mass is 32.2. The Morgan fingerprint density at radius 2 is 1.67 bits per heavy atom. The van der Waals surface area contributed by atoms with Crippen molar-refractivity contribution in [1.29, 1.82) is 0 Å². The summed E-state index contributed by atoms with van der Waals surface area (Å²) in [6.07, 6.45) is 0.985. The van der Waals surface area contributed by atoms with Crippen molar-refractivity contribution in [3.8, 4) is 0 Å². The predicted octanol–water partition coefficient (Wildman–Crippen LogP) is -0.785. The van der Waals surface area contributed by atoms with Crippen LogP contribution in [0.25, 0.3) is 0 Å². The first-order valence-corrected chi connectivity index (χ1v) is 10.4. The third kappa shape index (κ3) is 3.44. The van der Waals surface area contributed by atoms with Crippen molar-refractivity contribution in [2.45, 2.75) is 23.9 Å². The van der Waals surface area contributed by atoms with E-state index in [1.807, 2.05) is 0 Å². The lowest BCUT2D eigenvalue weighted by atomic mass is 10.1. The highest BCUT2D eigenvalue weighted by Crippen LogP contribution is 2.26. The first-order chi connectivity index (χ1) is 11.1. The van der Waals surface area contributed by atoms with E-state index in [1.54, 1.807) is 18.2 Å². The smallest absolute Gasteiger partial charge is 0.263 e. The Labute approximate surface area is 140 Å². The summed E-state index contributed by atoms with van der Waals surface area (Å²) in [5, 5.41) is 8.96. The van der Waals surface area contributed by atoms with Gasteiger partial charge in [0, 0.05) is 19.1 Å². The van der Waals surface area contributed by atoms with Crippen molar-refractivity contribution in [1.82, 2.24) is 14.1 Å². The topological polar surface area (TPSA) is 124 Å². The summed E-state index contributed by atoms with van der Waals surface area (Å²) >= 11 is 0. The molecule has 1 heterocycles. The van der Waals surface area contributed by atoms with Crippen molar-refractivity contribution in [3.63, 3.8) is 0 Å². The molecule has 2 atom stereocenters. The molecule has 0 saturated carbocycles. The number of nitrogens with one attached hydrogen (secondary N) is 1. The van der Waals surface area contributed by atoms with Gasteiger partial charge >= 0.3 is 0 Å². The molecule has 1 aliphatic rings. The van der Waals surface area contributed by atoms with Crippen LogP contribution in [0.15, 0.2) is 35.2 Å². The van der Waals surface area contributed by atoms with Gasteiger partial charge < -0.3 is 0 Å². The molecule has 2 unspecified atom stereocenters. The summed E-state index contributed by atoms with van der Waals surface area (Å²) in [5.74, 6) is -0.990. The molecule has 1 fully saturated rings. The van der Waals surface area contributed by atoms with Gasteiger partial charge in [0.2, 0.25) is 20.0 Å². The molecule has 1 aromatic carbocycles. The minimum Gasteiger partial charge on any atom is -0.289 e. The van der Waals surface area contributed by atoms with Crippen LogP contribution in [0.4, 0.5) is 0 Å². The predicted molar refractivity (Wildman–Crippen MR) is 85.1 cm³/mol. The maximum absolute atomic E-state index is 12.8. The molecule has 2 N–H and O–H groups in total. The minimum absolute atomic E-state index is 0.0132. The fraction of sp³-hybridized carbons (Fsp3) is 0.462. The Balaban J connectivity index is 2.48. The molecule has 0 spiro atoms. The number of amides is 1. The summed E-state index contributed by atoms with van der Waals surface area (Å²) in [5.41, 5.74) is 1.42. The van der Waals surface area contributed by atoms with E-state index < -0.39 is 38.0 Å². The third-order valence-corrected chi connectivity index (χ3v) is 7.18. The normalized spacial score (nSPS) is 23.8. The van der Waals surface area contributed by atoms with Gasteiger partial charge in [0.25, 0.3) is 5.91 Å². The molecule has 0 radical (unpaired) electrons. The highest BCUT2D eigenvalue weighted by molar-refractivity contribution is 7.89. The second-order valence-corrected chi connectivity index (χ2v) is 9.29. The maximum Gasteiger partial charge on any atom is 0.263 e. The van der Waals surface area contributed by atoms with Gasteiger partial charge in [0.1, 0.15) is 6.04 Å². The summed E-state index contributed by atoms with van der Waals surface area (Å²) in [4.78, 5) is 12.0. The molecule has 0 bridgehead atoms. The van der Waals surface area contributed by atoms with Crippen molar-refractivity contribution in [2.24, 2.45) is 0 Å². The van der Waals surface area contributed by atoms with E-state index in [4.69, 9.17) is 5.21 Å². The SMILES string of the molecule is CC1C(C(=O)NO)N(S(=O)(=O)c2ccccc2)CCN1S(C)(=O)=O. The van der Waals surface area contributed by atoms with Gasteiger partial charge in [0.15, 0.2) is 0 Å². The number of benzene rings is 1. The molecular weight excluding hydrogens is 358 g/mol. The standard InChI is InChI=1S/C13H19N3O6S2/c1-10-12(13(17)14-18)16(9-8-15(10)23(2,19)20)24(21,22)11-6-4-3-5-7-11/h3-7,10,12,18H,8-9H2,1-2H3,(H,14,17). The van der Waals surface area contributed by atoms with Gasteiger partial charge in [0.05, 0.1) is 11.2 Å². The first kappa shape index (κ1) is 18.8. The molecule has 11 heteroatoms. The number of carbonyl (C=O) groups excluding carboxylic acids is 1. The van der Waals surface area contributed by atoms with Crippen molar-refractivity contribution < 1.29 is 26.8 Å². The van der Waals surface area contributed by atoms with Crippen LogP contribution in [0.5, 0.6) is 0 Å². The number of hydrogen-bond donors (Lipinski definition) is 2. The van der Waals surface area contributed by atoms with Crippen LogP contribution in [-0.4, -0.2) is 68.0 Å². The van der Waals surface area contributed by atoms with Crippen molar-refractivity contribution in [2.75, 3.05) is 19.3 Å². The van der Waals surface area contributed by atoms with Crippen LogP contribution in [0.3, 0.4) is 0 Å². The van der Waals surface area contributed by atoms with Gasteiger partial charge in [-0.1, -0.05) is 18.2 Å². The zero-order valence-electron chi connectivity index (χ0n) is 13.2. The van der Waals surface area contributed by atoms with E-state index in [2.05, 4.69) is 0 Å². The van der Waals surface area contributed by atoms with E-state index in [-0.39, 0.29) is 18.0 Å². The number of hydroxylamine groups is 1. The molecule has 1 aliphatic heterocycles. The Hall–Kier alpha value is -1.53. The van der Waals surface area contributed by atoms with Gasteiger partial charge in [-0.25, -0.2) is 22.3 Å². The second kappa shape index (κ2) is 6.76. The number of piperazine rings is 1. The molecule has 0 aromatic heterocycles. The van der Waals surface area contributed by atoms with Crippen LogP contribution < -0.4 is 5.48 Å². The summed E-state index contributed by atoms with van der Waals surface area (Å²) in [6, 6.07) is 5.16. The summed E-state index contributed by atoms with van der Waals surface area (Å²) in [7, 11) is -7.66. The van der Waals surface area contributed by atoms with Crippen molar-refractivity contribution >= 4 is 26.0 Å². The van der Waals surface area contributed by atoms with Gasteiger partial charge in [-0.15, -0.1) is 0 Å². The lowest BCUT2D eigenvalue weighted by Gasteiger charge is -2.42. The molecule has 9 nitrogen and oxygen atoms in total. The zero-order valence-corrected chi connectivity index (χ0v) is 14.8. The molecule has 1 aromatic rings. The number of rotatable bonds is 4. The molecule has 24 heavy (non-hydrogen) atoms. The molecule has 134 valence electrons. The summed E-state index contributed by atoms with van der Waals surface area (Å²) in [6.45, 7) is 1.14. The number of nitrogens with zero attached hydrogens (tertiary/aromatic N) is 2. The van der Waals surface area contributed by atoms with Crippen LogP contribution in [-0.2, 0) is 24.8 Å². The molecule has 2 rings (SSSR count). The Morgan fingerprint density at radius 1 is 1.12 bits per heavy atom. The Bertz CT molecular complexity index is 809. The maximum atomic E-state index is 12.8. The van der Waals surface area contributed by atoms with E-state index in [9.17, 15) is 21.6 Å². The van der Waals surface area contributed by atoms with Crippen LogP contribution in [0, 0.1) is 0 Å². The molecule has 0 aliphatic carbocycles. The highest BCUT2D eigenvalue weighted by Gasteiger charge is 2.46. The van der Waals surface area contributed by atoms with Crippen LogP contribution in [0.1, 0.15) is 6.92 Å². The summed E-state index contributed by atoms with van der Waals surface area (Å²) < 4.78 is 51.3. The van der Waals surface area contributed by atoms with Gasteiger partial charge in [-0.05, 0) is 19.1 Å². The van der Waals surface area contributed by atoms with Gasteiger partial charge in [-0.3, -0.25) is 10.0 Å². The Kier molecular flexibility index (Phi) is 5.30. The number of carbonyl (C=O) groups is 1. The average molecular weight is 377 g/mol. The van der Waals surface area contributed by atoms with Crippen molar-refractivity contribution in [3.05, 3.63) is 30.3 Å². The third-order valence-electron chi connectivity index (χ3n) is 3.92. The lowest BCUT2D eigenvalue weighted by molar-refractivity contribution is -0.135. The van der Waals surface area contributed by atoms with E-state index >= 15 is 0 Å². The zero-order chi connectivity index (χ0) is 18.1. The van der Waals surface area contributed by atoms with Gasteiger partial charge in [-0.2, -0.15) is 8.61 Å². The second-order valence-electron chi connectivity index (χ2n) is 5.46. The monoisotopic (exact) mass is 377 g/mol. The van der Waals surface area contributed by atoms with E-state index in [1.165, 1.54) is 24.5 Å². The Morgan fingerprint density at radius 3 is 2.17 bits per heavy atom. The number of sulfonamides is 2. The fourth-order valence-electron chi connectivity index (χ4n) is 2.82. The van der Waals surface area contributed by atoms with Crippen LogP contribution >= 0.6 is 0 Å². The minimum atomic E-state index is -4.03. The van der Waals surface area contributed by atoms with E-state index in [0.29, 0.717) is 0 Å². The number of hydrogen-bond acceptors (Lipinski definition) is 6.